The molecule has 2 rings (SSSR count). The minimum atomic E-state index is -0.359. The van der Waals surface area contributed by atoms with Gasteiger partial charge < -0.3 is 10.0 Å². The van der Waals surface area contributed by atoms with E-state index in [1.54, 1.807) is 23.1 Å². The van der Waals surface area contributed by atoms with Gasteiger partial charge in [0.15, 0.2) is 0 Å². The third-order valence-electron chi connectivity index (χ3n) is 2.55. The number of carbonyl (C=O) groups excluding carboxylic acids is 1. The van der Waals surface area contributed by atoms with Crippen LogP contribution in [0.5, 0.6) is 0 Å². The summed E-state index contributed by atoms with van der Waals surface area (Å²) in [6.45, 7) is 2.73. The first-order chi connectivity index (χ1) is 7.08. The number of benzene rings is 1. The fourth-order valence-corrected chi connectivity index (χ4v) is 1.70. The van der Waals surface area contributed by atoms with E-state index < -0.39 is 0 Å². The molecule has 0 radical (unpaired) electrons. The van der Waals surface area contributed by atoms with E-state index in [2.05, 4.69) is 0 Å². The van der Waals surface area contributed by atoms with Gasteiger partial charge in [0.05, 0.1) is 6.10 Å². The van der Waals surface area contributed by atoms with Crippen molar-refractivity contribution in [1.82, 2.24) is 4.90 Å². The Balaban J connectivity index is 2.16. The molecule has 1 aromatic rings. The lowest BCUT2D eigenvalue weighted by atomic mass is 10.1. The van der Waals surface area contributed by atoms with Gasteiger partial charge in [0.1, 0.15) is 0 Å². The SMILES string of the molecule is Cc1cc(C(=O)N2CC(O)C2)ccc1Cl. The molecule has 1 aromatic carbocycles. The smallest absolute Gasteiger partial charge is 0.254 e. The van der Waals surface area contributed by atoms with Gasteiger partial charge in [0.2, 0.25) is 0 Å². The Labute approximate surface area is 93.3 Å². The fourth-order valence-electron chi connectivity index (χ4n) is 1.58. The summed E-state index contributed by atoms with van der Waals surface area (Å²) in [5.41, 5.74) is 1.52. The van der Waals surface area contributed by atoms with E-state index in [4.69, 9.17) is 16.7 Å². The number of β-amino-alcohol motifs (C(OH)–C–C–N with tert-alkyl or cyclic N) is 1. The second-order valence-electron chi connectivity index (χ2n) is 3.83. The molecule has 0 unspecified atom stereocenters. The summed E-state index contributed by atoms with van der Waals surface area (Å²) in [4.78, 5) is 13.4. The molecular weight excluding hydrogens is 214 g/mol. The van der Waals surface area contributed by atoms with Crippen LogP contribution in [0.15, 0.2) is 18.2 Å². The van der Waals surface area contributed by atoms with Gasteiger partial charge in [0, 0.05) is 23.7 Å². The molecule has 0 bridgehead atoms. The van der Waals surface area contributed by atoms with E-state index in [-0.39, 0.29) is 12.0 Å². The molecule has 80 valence electrons. The number of hydrogen-bond acceptors (Lipinski definition) is 2. The Bertz CT molecular complexity index is 400. The van der Waals surface area contributed by atoms with Crippen molar-refractivity contribution in [3.8, 4) is 0 Å². The second kappa shape index (κ2) is 3.83. The Morgan fingerprint density at radius 1 is 1.53 bits per heavy atom. The van der Waals surface area contributed by atoms with Gasteiger partial charge in [-0.2, -0.15) is 0 Å². The van der Waals surface area contributed by atoms with E-state index in [1.165, 1.54) is 0 Å². The molecule has 0 saturated carbocycles. The molecule has 0 spiro atoms. The highest BCUT2D eigenvalue weighted by Crippen LogP contribution is 2.19. The van der Waals surface area contributed by atoms with Gasteiger partial charge in [-0.05, 0) is 30.7 Å². The summed E-state index contributed by atoms with van der Waals surface area (Å²) >= 11 is 5.87. The quantitative estimate of drug-likeness (QED) is 0.786. The van der Waals surface area contributed by atoms with Gasteiger partial charge >= 0.3 is 0 Å². The molecule has 0 aromatic heterocycles. The third kappa shape index (κ3) is 1.98. The monoisotopic (exact) mass is 225 g/mol. The van der Waals surface area contributed by atoms with E-state index in [0.29, 0.717) is 23.7 Å². The van der Waals surface area contributed by atoms with Crippen LogP contribution in [0.25, 0.3) is 0 Å². The van der Waals surface area contributed by atoms with Crippen LogP contribution in [0.3, 0.4) is 0 Å². The number of likely N-dealkylation sites (tertiary alicyclic amines) is 1. The predicted molar refractivity (Wildman–Crippen MR) is 58.1 cm³/mol. The van der Waals surface area contributed by atoms with Gasteiger partial charge in [-0.3, -0.25) is 4.79 Å². The Hall–Kier alpha value is -1.06. The summed E-state index contributed by atoms with van der Waals surface area (Å²) in [7, 11) is 0. The molecule has 15 heavy (non-hydrogen) atoms. The lowest BCUT2D eigenvalue weighted by Gasteiger charge is -2.35. The largest absolute Gasteiger partial charge is 0.389 e. The number of halogens is 1. The maximum atomic E-state index is 11.8. The topological polar surface area (TPSA) is 40.5 Å². The molecule has 1 aliphatic heterocycles. The highest BCUT2D eigenvalue weighted by atomic mass is 35.5. The van der Waals surface area contributed by atoms with Crippen LogP contribution in [-0.4, -0.2) is 35.1 Å². The van der Waals surface area contributed by atoms with Crippen molar-refractivity contribution >= 4 is 17.5 Å². The molecule has 1 saturated heterocycles. The van der Waals surface area contributed by atoms with Crippen LogP contribution in [0.4, 0.5) is 0 Å². The predicted octanol–water partition coefficient (Wildman–Crippen LogP) is 1.47. The number of aliphatic hydroxyl groups is 1. The number of aryl methyl sites for hydroxylation is 1. The summed E-state index contributed by atoms with van der Waals surface area (Å²) in [5, 5.41) is 9.76. The van der Waals surface area contributed by atoms with Crippen molar-refractivity contribution in [3.05, 3.63) is 34.3 Å². The van der Waals surface area contributed by atoms with Crippen LogP contribution in [-0.2, 0) is 0 Å². The molecule has 1 heterocycles. The van der Waals surface area contributed by atoms with Crippen molar-refractivity contribution in [2.24, 2.45) is 0 Å². The maximum absolute atomic E-state index is 11.8. The average molecular weight is 226 g/mol. The fraction of sp³-hybridized carbons (Fsp3) is 0.364. The minimum absolute atomic E-state index is 0.0416. The molecule has 3 nitrogen and oxygen atoms in total. The van der Waals surface area contributed by atoms with Crippen molar-refractivity contribution in [2.75, 3.05) is 13.1 Å². The molecule has 0 atom stereocenters. The standard InChI is InChI=1S/C11H12ClNO2/c1-7-4-8(2-3-10(7)12)11(15)13-5-9(14)6-13/h2-4,9,14H,5-6H2,1H3. The van der Waals surface area contributed by atoms with E-state index >= 15 is 0 Å². The molecule has 4 heteroatoms. The van der Waals surface area contributed by atoms with Crippen LogP contribution in [0.1, 0.15) is 15.9 Å². The zero-order valence-corrected chi connectivity index (χ0v) is 9.16. The van der Waals surface area contributed by atoms with Crippen molar-refractivity contribution < 1.29 is 9.90 Å². The van der Waals surface area contributed by atoms with Crippen LogP contribution < -0.4 is 0 Å². The summed E-state index contributed by atoms with van der Waals surface area (Å²) in [5.74, 6) is -0.0416. The molecule has 1 aliphatic rings. The number of hydrogen-bond donors (Lipinski definition) is 1. The Morgan fingerprint density at radius 3 is 2.73 bits per heavy atom. The van der Waals surface area contributed by atoms with Crippen molar-refractivity contribution in [3.63, 3.8) is 0 Å². The zero-order chi connectivity index (χ0) is 11.0. The molecule has 0 aliphatic carbocycles. The first-order valence-electron chi connectivity index (χ1n) is 4.81. The average Bonchev–Trinajstić information content (AvgIpc) is 2.16. The molecule has 1 fully saturated rings. The van der Waals surface area contributed by atoms with Gasteiger partial charge in [-0.25, -0.2) is 0 Å². The van der Waals surface area contributed by atoms with E-state index in [1.807, 2.05) is 6.92 Å². The summed E-state index contributed by atoms with van der Waals surface area (Å²) < 4.78 is 0. The van der Waals surface area contributed by atoms with Crippen LogP contribution in [0.2, 0.25) is 5.02 Å². The van der Waals surface area contributed by atoms with E-state index in [0.717, 1.165) is 5.56 Å². The molecule has 1 amide bonds. The van der Waals surface area contributed by atoms with Crippen molar-refractivity contribution in [2.45, 2.75) is 13.0 Å². The molecular formula is C11H12ClNO2. The zero-order valence-electron chi connectivity index (χ0n) is 8.40. The Kier molecular flexibility index (Phi) is 2.67. The number of rotatable bonds is 1. The number of carbonyl (C=O) groups is 1. The minimum Gasteiger partial charge on any atom is -0.389 e. The highest BCUT2D eigenvalue weighted by molar-refractivity contribution is 6.31. The normalized spacial score (nSPS) is 16.3. The number of aliphatic hydroxyl groups excluding tert-OH is 1. The second-order valence-corrected chi connectivity index (χ2v) is 4.24. The van der Waals surface area contributed by atoms with Crippen LogP contribution >= 0.6 is 11.6 Å². The lowest BCUT2D eigenvalue weighted by molar-refractivity contribution is 0.00589. The van der Waals surface area contributed by atoms with Gasteiger partial charge in [0.25, 0.3) is 5.91 Å². The summed E-state index contributed by atoms with van der Waals surface area (Å²) in [6.07, 6.45) is -0.359. The summed E-state index contributed by atoms with van der Waals surface area (Å²) in [6, 6.07) is 5.21. The van der Waals surface area contributed by atoms with Crippen molar-refractivity contribution in [1.29, 1.82) is 0 Å². The maximum Gasteiger partial charge on any atom is 0.254 e. The first-order valence-corrected chi connectivity index (χ1v) is 5.19. The highest BCUT2D eigenvalue weighted by Gasteiger charge is 2.29. The Morgan fingerprint density at radius 2 is 2.20 bits per heavy atom. The van der Waals surface area contributed by atoms with Crippen LogP contribution in [0, 0.1) is 6.92 Å². The van der Waals surface area contributed by atoms with E-state index in [9.17, 15) is 4.79 Å². The first kappa shape index (κ1) is 10.5. The third-order valence-corrected chi connectivity index (χ3v) is 2.98. The number of amides is 1. The molecule has 1 N–H and O–H groups in total. The number of nitrogens with zero attached hydrogens (tertiary/aromatic N) is 1. The lowest BCUT2D eigenvalue weighted by Crippen LogP contribution is -2.53. The van der Waals surface area contributed by atoms with Gasteiger partial charge in [-0.15, -0.1) is 0 Å². The van der Waals surface area contributed by atoms with Gasteiger partial charge in [-0.1, -0.05) is 11.6 Å².